The number of carbonyl (C=O) groups is 1. The summed E-state index contributed by atoms with van der Waals surface area (Å²) in [6.45, 7) is 5.80. The molecule has 0 atom stereocenters. The van der Waals surface area contributed by atoms with Gasteiger partial charge in [-0.1, -0.05) is 0 Å². The Bertz CT molecular complexity index is 374. The number of furan rings is 1. The lowest BCUT2D eigenvalue weighted by atomic mass is 10.1. The fraction of sp³-hybridized carbons (Fsp3) is 0.364. The van der Waals surface area contributed by atoms with Crippen molar-refractivity contribution in [3.8, 4) is 0 Å². The average molecular weight is 272 g/mol. The molecule has 1 N–H and O–H groups in total. The van der Waals surface area contributed by atoms with Crippen LogP contribution in [0.15, 0.2) is 27.3 Å². The van der Waals surface area contributed by atoms with Gasteiger partial charge in [-0.05, 0) is 54.9 Å². The maximum Gasteiger partial charge on any atom is 0.244 e. The SMILES string of the molecule is CC(C)(C)NC(=O)C=Cc1ccc(Br)o1. The Kier molecular flexibility index (Phi) is 3.74. The van der Waals surface area contributed by atoms with Crippen LogP contribution in [-0.4, -0.2) is 11.4 Å². The summed E-state index contributed by atoms with van der Waals surface area (Å²) in [4.78, 5) is 11.4. The standard InChI is InChI=1S/C11H14BrNO2/c1-11(2,3)13-10(14)7-5-8-4-6-9(12)15-8/h4-7H,1-3H3,(H,13,14). The summed E-state index contributed by atoms with van der Waals surface area (Å²) in [6.07, 6.45) is 3.09. The molecule has 1 amide bonds. The largest absolute Gasteiger partial charge is 0.450 e. The Hall–Kier alpha value is -1.03. The van der Waals surface area contributed by atoms with E-state index in [1.807, 2.05) is 20.8 Å². The van der Waals surface area contributed by atoms with Crippen LogP contribution < -0.4 is 5.32 Å². The van der Waals surface area contributed by atoms with E-state index >= 15 is 0 Å². The van der Waals surface area contributed by atoms with Gasteiger partial charge in [0.25, 0.3) is 0 Å². The molecule has 1 aromatic heterocycles. The van der Waals surface area contributed by atoms with E-state index in [4.69, 9.17) is 4.42 Å². The Morgan fingerprint density at radius 2 is 2.13 bits per heavy atom. The van der Waals surface area contributed by atoms with Gasteiger partial charge in [0.2, 0.25) is 5.91 Å². The summed E-state index contributed by atoms with van der Waals surface area (Å²) in [5, 5.41) is 2.82. The molecule has 0 saturated heterocycles. The molecule has 0 aliphatic rings. The van der Waals surface area contributed by atoms with Crippen LogP contribution in [0.25, 0.3) is 6.08 Å². The number of halogens is 1. The predicted molar refractivity (Wildman–Crippen MR) is 63.3 cm³/mol. The second kappa shape index (κ2) is 4.66. The molecule has 0 aliphatic carbocycles. The van der Waals surface area contributed by atoms with Crippen LogP contribution in [0.4, 0.5) is 0 Å². The molecule has 1 rings (SSSR count). The lowest BCUT2D eigenvalue weighted by Gasteiger charge is -2.18. The first-order valence-corrected chi connectivity index (χ1v) is 5.42. The van der Waals surface area contributed by atoms with Crippen molar-refractivity contribution in [2.75, 3.05) is 0 Å². The molecule has 1 heterocycles. The minimum Gasteiger partial charge on any atom is -0.450 e. The lowest BCUT2D eigenvalue weighted by molar-refractivity contribution is -0.117. The molecule has 82 valence electrons. The lowest BCUT2D eigenvalue weighted by Crippen LogP contribution is -2.39. The van der Waals surface area contributed by atoms with Crippen LogP contribution in [0.1, 0.15) is 26.5 Å². The molecule has 4 heteroatoms. The fourth-order valence-corrected chi connectivity index (χ4v) is 1.31. The third-order valence-electron chi connectivity index (χ3n) is 1.49. The Morgan fingerprint density at radius 3 is 2.60 bits per heavy atom. The monoisotopic (exact) mass is 271 g/mol. The summed E-state index contributed by atoms with van der Waals surface area (Å²) in [7, 11) is 0. The Balaban J connectivity index is 2.55. The number of hydrogen-bond donors (Lipinski definition) is 1. The molecular weight excluding hydrogens is 258 g/mol. The van der Waals surface area contributed by atoms with E-state index in [1.165, 1.54) is 6.08 Å². The highest BCUT2D eigenvalue weighted by atomic mass is 79.9. The predicted octanol–water partition coefficient (Wildman–Crippen LogP) is 2.97. The van der Waals surface area contributed by atoms with Gasteiger partial charge < -0.3 is 9.73 Å². The van der Waals surface area contributed by atoms with Crippen molar-refractivity contribution >= 4 is 27.9 Å². The Morgan fingerprint density at radius 1 is 1.47 bits per heavy atom. The summed E-state index contributed by atoms with van der Waals surface area (Å²) >= 11 is 3.19. The van der Waals surface area contributed by atoms with E-state index in [0.29, 0.717) is 10.4 Å². The van der Waals surface area contributed by atoms with E-state index in [-0.39, 0.29) is 11.4 Å². The maximum atomic E-state index is 11.4. The Labute approximate surface area is 97.7 Å². The minimum absolute atomic E-state index is 0.130. The highest BCUT2D eigenvalue weighted by molar-refractivity contribution is 9.10. The van der Waals surface area contributed by atoms with Crippen molar-refractivity contribution in [3.05, 3.63) is 28.6 Å². The summed E-state index contributed by atoms with van der Waals surface area (Å²) in [6, 6.07) is 3.56. The van der Waals surface area contributed by atoms with Crippen molar-refractivity contribution < 1.29 is 9.21 Å². The normalized spacial score (nSPS) is 12.0. The van der Waals surface area contributed by atoms with Crippen molar-refractivity contribution in [1.82, 2.24) is 5.32 Å². The minimum atomic E-state index is -0.217. The van der Waals surface area contributed by atoms with E-state index < -0.39 is 0 Å². The van der Waals surface area contributed by atoms with E-state index in [1.54, 1.807) is 18.2 Å². The van der Waals surface area contributed by atoms with Crippen LogP contribution in [0.2, 0.25) is 0 Å². The van der Waals surface area contributed by atoms with E-state index in [0.717, 1.165) is 0 Å². The van der Waals surface area contributed by atoms with Crippen LogP contribution in [0.3, 0.4) is 0 Å². The zero-order valence-corrected chi connectivity index (χ0v) is 10.6. The molecule has 0 saturated carbocycles. The molecule has 1 aromatic rings. The van der Waals surface area contributed by atoms with Gasteiger partial charge in [-0.15, -0.1) is 0 Å². The molecule has 0 radical (unpaired) electrons. The van der Waals surface area contributed by atoms with E-state index in [2.05, 4.69) is 21.2 Å². The first kappa shape index (κ1) is 12.0. The van der Waals surface area contributed by atoms with Gasteiger partial charge in [-0.2, -0.15) is 0 Å². The molecule has 0 fully saturated rings. The third-order valence-corrected chi connectivity index (χ3v) is 1.92. The second-order valence-corrected chi connectivity index (χ2v) is 5.00. The molecule has 0 unspecified atom stereocenters. The number of hydrogen-bond acceptors (Lipinski definition) is 2. The highest BCUT2D eigenvalue weighted by Gasteiger charge is 2.11. The quantitative estimate of drug-likeness (QED) is 0.841. The van der Waals surface area contributed by atoms with Crippen LogP contribution in [0.5, 0.6) is 0 Å². The highest BCUT2D eigenvalue weighted by Crippen LogP contribution is 2.14. The van der Waals surface area contributed by atoms with Gasteiger partial charge in [0.15, 0.2) is 4.67 Å². The number of nitrogens with one attached hydrogen (secondary N) is 1. The van der Waals surface area contributed by atoms with Crippen LogP contribution in [-0.2, 0) is 4.79 Å². The molecule has 0 spiro atoms. The van der Waals surface area contributed by atoms with Gasteiger partial charge in [0.1, 0.15) is 5.76 Å². The van der Waals surface area contributed by atoms with Gasteiger partial charge in [-0.25, -0.2) is 0 Å². The topological polar surface area (TPSA) is 42.2 Å². The third kappa shape index (κ3) is 4.83. The molecule has 0 aromatic carbocycles. The average Bonchev–Trinajstić information content (AvgIpc) is 2.45. The van der Waals surface area contributed by atoms with E-state index in [9.17, 15) is 4.79 Å². The number of amides is 1. The second-order valence-electron chi connectivity index (χ2n) is 4.21. The van der Waals surface area contributed by atoms with Crippen molar-refractivity contribution in [1.29, 1.82) is 0 Å². The molecule has 0 bridgehead atoms. The van der Waals surface area contributed by atoms with Gasteiger partial charge in [0.05, 0.1) is 0 Å². The molecular formula is C11H14BrNO2. The zero-order valence-electron chi connectivity index (χ0n) is 9.00. The fourth-order valence-electron chi connectivity index (χ4n) is 0.987. The van der Waals surface area contributed by atoms with Gasteiger partial charge in [-0.3, -0.25) is 4.79 Å². The summed E-state index contributed by atoms with van der Waals surface area (Å²) in [5.74, 6) is 0.515. The van der Waals surface area contributed by atoms with Crippen molar-refractivity contribution in [2.45, 2.75) is 26.3 Å². The van der Waals surface area contributed by atoms with Crippen molar-refractivity contribution in [3.63, 3.8) is 0 Å². The smallest absolute Gasteiger partial charge is 0.244 e. The van der Waals surface area contributed by atoms with Crippen LogP contribution >= 0.6 is 15.9 Å². The first-order chi connectivity index (χ1) is 6.87. The molecule has 15 heavy (non-hydrogen) atoms. The molecule has 0 aliphatic heterocycles. The zero-order chi connectivity index (χ0) is 11.5. The van der Waals surface area contributed by atoms with Crippen molar-refractivity contribution in [2.24, 2.45) is 0 Å². The number of carbonyl (C=O) groups excluding carboxylic acids is 1. The molecule has 3 nitrogen and oxygen atoms in total. The summed E-state index contributed by atoms with van der Waals surface area (Å²) < 4.78 is 5.87. The summed E-state index contributed by atoms with van der Waals surface area (Å²) in [5.41, 5.74) is -0.217. The first-order valence-electron chi connectivity index (χ1n) is 4.62. The maximum absolute atomic E-state index is 11.4. The van der Waals surface area contributed by atoms with Gasteiger partial charge in [0, 0.05) is 11.6 Å². The van der Waals surface area contributed by atoms with Crippen LogP contribution in [0, 0.1) is 0 Å². The number of rotatable bonds is 2. The van der Waals surface area contributed by atoms with Gasteiger partial charge >= 0.3 is 0 Å².